The lowest BCUT2D eigenvalue weighted by Crippen LogP contribution is -2.38. The van der Waals surface area contributed by atoms with Gasteiger partial charge in [0, 0.05) is 6.04 Å². The highest BCUT2D eigenvalue weighted by molar-refractivity contribution is 6.39. The summed E-state index contributed by atoms with van der Waals surface area (Å²) in [6, 6.07) is 5.62. The van der Waals surface area contributed by atoms with Crippen molar-refractivity contribution in [3.05, 3.63) is 28.2 Å². The minimum Gasteiger partial charge on any atom is -0.322 e. The molecule has 1 atom stereocenters. The number of carbonyl (C=O) groups excluding carboxylic acids is 1. The fourth-order valence-electron chi connectivity index (χ4n) is 2.59. The molecule has 4 nitrogen and oxygen atoms in total. The number of para-hydroxylation sites is 1. The zero-order chi connectivity index (χ0) is 15.2. The molecule has 1 fully saturated rings. The number of nitrogens with zero attached hydrogens (tertiary/aromatic N) is 1. The van der Waals surface area contributed by atoms with Crippen molar-refractivity contribution in [2.24, 2.45) is 0 Å². The first-order valence-electron chi connectivity index (χ1n) is 7.22. The molecule has 2 N–H and O–H groups in total. The van der Waals surface area contributed by atoms with Gasteiger partial charge >= 0.3 is 0 Å². The highest BCUT2D eigenvalue weighted by Crippen LogP contribution is 2.29. The number of halogens is 2. The molecule has 1 saturated heterocycles. The monoisotopic (exact) mass is 329 g/mol. The van der Waals surface area contributed by atoms with Crippen molar-refractivity contribution in [1.82, 2.24) is 10.2 Å². The van der Waals surface area contributed by atoms with Crippen LogP contribution in [0.4, 0.5) is 5.69 Å². The molecule has 1 aromatic carbocycles. The van der Waals surface area contributed by atoms with Gasteiger partial charge in [0.05, 0.1) is 22.3 Å². The average molecular weight is 330 g/mol. The number of nitrogens with one attached hydrogen (secondary N) is 2. The Labute approximate surface area is 135 Å². The zero-order valence-electron chi connectivity index (χ0n) is 12.2. The molecule has 1 unspecified atom stereocenters. The number of hydrogen-bond donors (Lipinski definition) is 2. The Balaban J connectivity index is 1.91. The van der Waals surface area contributed by atoms with Gasteiger partial charge in [0.25, 0.3) is 0 Å². The molecule has 1 heterocycles. The third-order valence-electron chi connectivity index (χ3n) is 3.79. The summed E-state index contributed by atoms with van der Waals surface area (Å²) in [6.07, 6.45) is 3.33. The summed E-state index contributed by atoms with van der Waals surface area (Å²) in [4.78, 5) is 14.3. The van der Waals surface area contributed by atoms with Crippen LogP contribution < -0.4 is 10.6 Å². The van der Waals surface area contributed by atoms with E-state index in [4.69, 9.17) is 23.2 Å². The second kappa shape index (κ2) is 7.99. The van der Waals surface area contributed by atoms with Gasteiger partial charge in [-0.3, -0.25) is 9.69 Å². The molecule has 21 heavy (non-hydrogen) atoms. The van der Waals surface area contributed by atoms with Gasteiger partial charge in [0.15, 0.2) is 0 Å². The quantitative estimate of drug-likeness (QED) is 0.892. The van der Waals surface area contributed by atoms with Crippen LogP contribution in [0.5, 0.6) is 0 Å². The van der Waals surface area contributed by atoms with Gasteiger partial charge in [0.1, 0.15) is 0 Å². The first-order chi connectivity index (χ1) is 10.1. The third kappa shape index (κ3) is 4.85. The zero-order valence-corrected chi connectivity index (χ0v) is 13.7. The van der Waals surface area contributed by atoms with Crippen LogP contribution in [-0.4, -0.2) is 43.5 Å². The van der Waals surface area contributed by atoms with Crippen LogP contribution in [0.2, 0.25) is 10.0 Å². The molecule has 1 aromatic rings. The summed E-state index contributed by atoms with van der Waals surface area (Å²) in [5.41, 5.74) is 0.488. The molecule has 0 aromatic heterocycles. The minimum atomic E-state index is -0.0929. The van der Waals surface area contributed by atoms with E-state index in [1.165, 1.54) is 0 Å². The molecule has 116 valence electrons. The molecule has 1 aliphatic rings. The van der Waals surface area contributed by atoms with Crippen LogP contribution in [0.15, 0.2) is 18.2 Å². The van der Waals surface area contributed by atoms with Crippen molar-refractivity contribution in [3.8, 4) is 0 Å². The van der Waals surface area contributed by atoms with Crippen LogP contribution in [0, 0.1) is 0 Å². The Morgan fingerprint density at radius 1 is 1.33 bits per heavy atom. The molecule has 0 radical (unpaired) electrons. The van der Waals surface area contributed by atoms with E-state index in [0.717, 1.165) is 32.4 Å². The summed E-state index contributed by atoms with van der Waals surface area (Å²) < 4.78 is 0. The van der Waals surface area contributed by atoms with Gasteiger partial charge in [-0.25, -0.2) is 0 Å². The average Bonchev–Trinajstić information content (AvgIpc) is 2.72. The van der Waals surface area contributed by atoms with E-state index in [0.29, 0.717) is 28.3 Å². The van der Waals surface area contributed by atoms with Gasteiger partial charge in [0.2, 0.25) is 5.91 Å². The maximum Gasteiger partial charge on any atom is 0.238 e. The molecular weight excluding hydrogens is 309 g/mol. The summed E-state index contributed by atoms with van der Waals surface area (Å²) in [5.74, 6) is -0.0929. The topological polar surface area (TPSA) is 44.4 Å². The van der Waals surface area contributed by atoms with Crippen molar-refractivity contribution >= 4 is 34.8 Å². The van der Waals surface area contributed by atoms with Crippen LogP contribution >= 0.6 is 23.2 Å². The van der Waals surface area contributed by atoms with Crippen molar-refractivity contribution in [2.45, 2.75) is 25.3 Å². The Kier molecular flexibility index (Phi) is 6.30. The number of carbonyl (C=O) groups is 1. The van der Waals surface area contributed by atoms with E-state index >= 15 is 0 Å². The second-order valence-corrected chi connectivity index (χ2v) is 6.21. The van der Waals surface area contributed by atoms with E-state index in [-0.39, 0.29) is 5.91 Å². The fraction of sp³-hybridized carbons (Fsp3) is 0.533. The fourth-order valence-corrected chi connectivity index (χ4v) is 3.09. The Morgan fingerprint density at radius 3 is 2.76 bits per heavy atom. The van der Waals surface area contributed by atoms with Gasteiger partial charge in [-0.05, 0) is 51.5 Å². The van der Waals surface area contributed by atoms with E-state index in [1.807, 2.05) is 7.05 Å². The van der Waals surface area contributed by atoms with Crippen molar-refractivity contribution < 1.29 is 4.79 Å². The highest BCUT2D eigenvalue weighted by Gasteiger charge is 2.19. The minimum absolute atomic E-state index is 0.0929. The first kappa shape index (κ1) is 16.6. The van der Waals surface area contributed by atoms with E-state index in [9.17, 15) is 4.79 Å². The van der Waals surface area contributed by atoms with Gasteiger partial charge < -0.3 is 10.6 Å². The number of benzene rings is 1. The number of anilines is 1. The predicted octanol–water partition coefficient (Wildman–Crippen LogP) is 3.01. The normalized spacial score (nSPS) is 19.3. The second-order valence-electron chi connectivity index (χ2n) is 5.39. The van der Waals surface area contributed by atoms with Crippen molar-refractivity contribution in [1.29, 1.82) is 0 Å². The number of likely N-dealkylation sites (N-methyl/N-ethyl adjacent to an activating group) is 1. The standard InChI is InChI=1S/C15H21Cl2N3O/c1-20(11-4-3-8-18-9-7-11)10-14(21)19-15-12(16)5-2-6-13(15)17/h2,5-6,11,18H,3-4,7-10H2,1H3,(H,19,21). The van der Waals surface area contributed by atoms with Crippen molar-refractivity contribution in [2.75, 3.05) is 32.0 Å². The molecule has 1 amide bonds. The summed E-state index contributed by atoms with van der Waals surface area (Å²) in [5, 5.41) is 7.09. The van der Waals surface area contributed by atoms with Gasteiger partial charge in [-0.1, -0.05) is 29.3 Å². The van der Waals surface area contributed by atoms with E-state index < -0.39 is 0 Å². The Bertz CT molecular complexity index is 468. The van der Waals surface area contributed by atoms with Crippen LogP contribution in [0.1, 0.15) is 19.3 Å². The number of rotatable bonds is 4. The first-order valence-corrected chi connectivity index (χ1v) is 7.98. The van der Waals surface area contributed by atoms with Crippen LogP contribution in [0.3, 0.4) is 0 Å². The van der Waals surface area contributed by atoms with E-state index in [1.54, 1.807) is 18.2 Å². The SMILES string of the molecule is CN(CC(=O)Nc1c(Cl)cccc1Cl)C1CCCNCC1. The molecule has 6 heteroatoms. The lowest BCUT2D eigenvalue weighted by Gasteiger charge is -2.26. The number of hydrogen-bond acceptors (Lipinski definition) is 3. The molecule has 0 spiro atoms. The van der Waals surface area contributed by atoms with E-state index in [2.05, 4.69) is 15.5 Å². The lowest BCUT2D eigenvalue weighted by molar-refractivity contribution is -0.117. The summed E-state index contributed by atoms with van der Waals surface area (Å²) in [7, 11) is 1.99. The number of amides is 1. The largest absolute Gasteiger partial charge is 0.322 e. The molecule has 1 aliphatic heterocycles. The van der Waals surface area contributed by atoms with Crippen LogP contribution in [0.25, 0.3) is 0 Å². The highest BCUT2D eigenvalue weighted by atomic mass is 35.5. The lowest BCUT2D eigenvalue weighted by atomic mass is 10.1. The third-order valence-corrected chi connectivity index (χ3v) is 4.42. The Morgan fingerprint density at radius 2 is 2.05 bits per heavy atom. The van der Waals surface area contributed by atoms with Crippen LogP contribution in [-0.2, 0) is 4.79 Å². The molecule has 2 rings (SSSR count). The summed E-state index contributed by atoms with van der Waals surface area (Å²) >= 11 is 12.1. The van der Waals surface area contributed by atoms with Gasteiger partial charge in [-0.15, -0.1) is 0 Å². The molecule has 0 bridgehead atoms. The maximum absolute atomic E-state index is 12.2. The molecular formula is C15H21Cl2N3O. The molecule has 0 aliphatic carbocycles. The van der Waals surface area contributed by atoms with Crippen molar-refractivity contribution in [3.63, 3.8) is 0 Å². The predicted molar refractivity (Wildman–Crippen MR) is 88.2 cm³/mol. The Hall–Kier alpha value is -0.810. The molecule has 0 saturated carbocycles. The smallest absolute Gasteiger partial charge is 0.238 e. The summed E-state index contributed by atoms with van der Waals surface area (Å²) in [6.45, 7) is 2.41. The maximum atomic E-state index is 12.2. The van der Waals surface area contributed by atoms with Gasteiger partial charge in [-0.2, -0.15) is 0 Å².